The van der Waals surface area contributed by atoms with Gasteiger partial charge in [-0.1, -0.05) is 18.2 Å². The minimum Gasteiger partial charge on any atom is -0.340 e. The monoisotopic (exact) mass is 316 g/mol. The van der Waals surface area contributed by atoms with Gasteiger partial charge >= 0.3 is 6.03 Å². The third-order valence-electron chi connectivity index (χ3n) is 4.61. The van der Waals surface area contributed by atoms with Crippen LogP contribution in [0, 0.1) is 5.41 Å². The van der Waals surface area contributed by atoms with Gasteiger partial charge < -0.3 is 20.0 Å². The van der Waals surface area contributed by atoms with Crippen LogP contribution in [0.2, 0.25) is 0 Å². The summed E-state index contributed by atoms with van der Waals surface area (Å²) in [6.45, 7) is 3.49. The number of carbonyl (C=O) groups is 2. The molecular weight excluding hydrogens is 292 g/mol. The van der Waals surface area contributed by atoms with Gasteiger partial charge in [-0.2, -0.15) is 0 Å². The molecule has 6 nitrogen and oxygen atoms in total. The molecule has 124 valence electrons. The van der Waals surface area contributed by atoms with Crippen molar-refractivity contribution in [2.45, 2.75) is 6.42 Å². The third-order valence-corrected chi connectivity index (χ3v) is 4.61. The minimum atomic E-state index is -0.0499. The molecule has 1 aromatic rings. The fourth-order valence-electron chi connectivity index (χ4n) is 3.40. The second-order valence-corrected chi connectivity index (χ2v) is 6.96. The van der Waals surface area contributed by atoms with Crippen molar-refractivity contribution in [3.63, 3.8) is 0 Å². The zero-order valence-corrected chi connectivity index (χ0v) is 13.8. The van der Waals surface area contributed by atoms with Crippen LogP contribution in [0.5, 0.6) is 0 Å². The van der Waals surface area contributed by atoms with Crippen molar-refractivity contribution in [1.82, 2.24) is 14.7 Å². The van der Waals surface area contributed by atoms with Crippen LogP contribution in [-0.2, 0) is 4.79 Å². The Hall–Kier alpha value is -2.08. The van der Waals surface area contributed by atoms with Crippen molar-refractivity contribution in [2.75, 3.05) is 52.1 Å². The van der Waals surface area contributed by atoms with E-state index in [-0.39, 0.29) is 17.4 Å². The normalized spacial score (nSPS) is 19.1. The van der Waals surface area contributed by atoms with Gasteiger partial charge in [0, 0.05) is 37.3 Å². The molecule has 3 amide bonds. The van der Waals surface area contributed by atoms with E-state index in [0.717, 1.165) is 38.3 Å². The molecule has 2 fully saturated rings. The molecule has 0 atom stereocenters. The Labute approximate surface area is 137 Å². The average molecular weight is 316 g/mol. The minimum absolute atomic E-state index is 0.0499. The number of hydrogen-bond donors (Lipinski definition) is 1. The van der Waals surface area contributed by atoms with Crippen LogP contribution in [0.4, 0.5) is 10.5 Å². The lowest BCUT2D eigenvalue weighted by molar-refractivity contribution is -0.143. The molecule has 23 heavy (non-hydrogen) atoms. The lowest BCUT2D eigenvalue weighted by Crippen LogP contribution is -2.61. The van der Waals surface area contributed by atoms with E-state index < -0.39 is 0 Å². The molecule has 0 unspecified atom stereocenters. The summed E-state index contributed by atoms with van der Waals surface area (Å²) in [4.78, 5) is 30.0. The SMILES string of the molecule is CN(C)CC(=O)N1CC2(CCN(C(=O)Nc3ccccc3)C2)C1. The second-order valence-electron chi connectivity index (χ2n) is 6.96. The molecule has 0 bridgehead atoms. The highest BCUT2D eigenvalue weighted by Gasteiger charge is 2.50. The highest BCUT2D eigenvalue weighted by molar-refractivity contribution is 5.89. The van der Waals surface area contributed by atoms with Crippen molar-refractivity contribution in [3.05, 3.63) is 30.3 Å². The molecule has 2 aliphatic heterocycles. The van der Waals surface area contributed by atoms with Crippen molar-refractivity contribution in [2.24, 2.45) is 5.41 Å². The van der Waals surface area contributed by atoms with Crippen molar-refractivity contribution < 1.29 is 9.59 Å². The highest BCUT2D eigenvalue weighted by Crippen LogP contribution is 2.39. The Morgan fingerprint density at radius 3 is 2.43 bits per heavy atom. The van der Waals surface area contributed by atoms with Crippen LogP contribution in [-0.4, -0.2) is 73.5 Å². The summed E-state index contributed by atoms with van der Waals surface area (Å²) in [5, 5.41) is 2.93. The Bertz CT molecular complexity index is 582. The van der Waals surface area contributed by atoms with E-state index in [2.05, 4.69) is 5.32 Å². The number of nitrogens with zero attached hydrogens (tertiary/aromatic N) is 3. The molecule has 6 heteroatoms. The number of likely N-dealkylation sites (N-methyl/N-ethyl adjacent to an activating group) is 1. The van der Waals surface area contributed by atoms with E-state index in [9.17, 15) is 9.59 Å². The maximum absolute atomic E-state index is 12.3. The van der Waals surface area contributed by atoms with Crippen molar-refractivity contribution in [3.8, 4) is 0 Å². The Kier molecular flexibility index (Phi) is 4.26. The molecule has 0 saturated carbocycles. The molecule has 1 N–H and O–H groups in total. The van der Waals surface area contributed by atoms with Gasteiger partial charge in [0.05, 0.1) is 6.54 Å². The van der Waals surface area contributed by atoms with E-state index >= 15 is 0 Å². The predicted molar refractivity (Wildman–Crippen MR) is 89.2 cm³/mol. The van der Waals surface area contributed by atoms with Gasteiger partial charge in [-0.05, 0) is 32.6 Å². The average Bonchev–Trinajstić information content (AvgIpc) is 2.91. The first-order valence-electron chi connectivity index (χ1n) is 8.01. The van der Waals surface area contributed by atoms with Crippen LogP contribution in [0.15, 0.2) is 30.3 Å². The van der Waals surface area contributed by atoms with Crippen LogP contribution >= 0.6 is 0 Å². The first kappa shape index (κ1) is 15.8. The van der Waals surface area contributed by atoms with Gasteiger partial charge in [-0.3, -0.25) is 4.79 Å². The zero-order valence-electron chi connectivity index (χ0n) is 13.8. The van der Waals surface area contributed by atoms with Gasteiger partial charge in [-0.25, -0.2) is 4.79 Å². The summed E-state index contributed by atoms with van der Waals surface area (Å²) >= 11 is 0. The summed E-state index contributed by atoms with van der Waals surface area (Å²) in [5.74, 6) is 0.174. The van der Waals surface area contributed by atoms with Crippen LogP contribution < -0.4 is 5.32 Å². The largest absolute Gasteiger partial charge is 0.340 e. The predicted octanol–water partition coefficient (Wildman–Crippen LogP) is 1.31. The summed E-state index contributed by atoms with van der Waals surface area (Å²) in [7, 11) is 3.80. The topological polar surface area (TPSA) is 55.9 Å². The van der Waals surface area contributed by atoms with Gasteiger partial charge in [0.25, 0.3) is 0 Å². The molecule has 0 aromatic heterocycles. The molecule has 0 aliphatic carbocycles. The maximum Gasteiger partial charge on any atom is 0.321 e. The molecule has 2 heterocycles. The van der Waals surface area contributed by atoms with E-state index in [1.54, 1.807) is 0 Å². The summed E-state index contributed by atoms with van der Waals surface area (Å²) in [6.07, 6.45) is 0.973. The fraction of sp³-hybridized carbons (Fsp3) is 0.529. The lowest BCUT2D eigenvalue weighted by atomic mass is 9.79. The first-order chi connectivity index (χ1) is 11.0. The van der Waals surface area contributed by atoms with Gasteiger partial charge in [0.15, 0.2) is 0 Å². The number of hydrogen-bond acceptors (Lipinski definition) is 3. The van der Waals surface area contributed by atoms with E-state index in [1.807, 2.05) is 59.1 Å². The standard InChI is InChI=1S/C17H24N4O2/c1-19(2)10-15(22)21-12-17(13-21)8-9-20(11-17)16(23)18-14-6-4-3-5-7-14/h3-7H,8-13H2,1-2H3,(H,18,23). The number of nitrogens with one attached hydrogen (secondary N) is 1. The molecule has 2 saturated heterocycles. The number of para-hydroxylation sites is 1. The number of likely N-dealkylation sites (tertiary alicyclic amines) is 2. The molecule has 0 radical (unpaired) electrons. The van der Waals surface area contributed by atoms with Crippen LogP contribution in [0.25, 0.3) is 0 Å². The van der Waals surface area contributed by atoms with E-state index in [0.29, 0.717) is 6.54 Å². The van der Waals surface area contributed by atoms with Gasteiger partial charge in [0.2, 0.25) is 5.91 Å². The smallest absolute Gasteiger partial charge is 0.321 e. The van der Waals surface area contributed by atoms with Crippen molar-refractivity contribution in [1.29, 1.82) is 0 Å². The van der Waals surface area contributed by atoms with Crippen molar-refractivity contribution >= 4 is 17.6 Å². The summed E-state index contributed by atoms with van der Waals surface area (Å²) < 4.78 is 0. The van der Waals surface area contributed by atoms with E-state index in [1.165, 1.54) is 0 Å². The number of carbonyl (C=O) groups excluding carboxylic acids is 2. The summed E-state index contributed by atoms with van der Waals surface area (Å²) in [5.41, 5.74) is 0.922. The molecular formula is C17H24N4O2. The summed E-state index contributed by atoms with van der Waals surface area (Å²) in [6, 6.07) is 9.45. The molecule has 3 rings (SSSR count). The Morgan fingerprint density at radius 1 is 1.13 bits per heavy atom. The Balaban J connectivity index is 1.50. The fourth-order valence-corrected chi connectivity index (χ4v) is 3.40. The van der Waals surface area contributed by atoms with Gasteiger partial charge in [0.1, 0.15) is 0 Å². The third kappa shape index (κ3) is 3.47. The second kappa shape index (κ2) is 6.20. The lowest BCUT2D eigenvalue weighted by Gasteiger charge is -2.48. The van der Waals surface area contributed by atoms with E-state index in [4.69, 9.17) is 0 Å². The number of amides is 3. The van der Waals surface area contributed by atoms with Crippen LogP contribution in [0.1, 0.15) is 6.42 Å². The molecule has 1 spiro atoms. The number of anilines is 1. The zero-order chi connectivity index (χ0) is 16.4. The Morgan fingerprint density at radius 2 is 1.78 bits per heavy atom. The number of benzene rings is 1. The van der Waals surface area contributed by atoms with Gasteiger partial charge in [-0.15, -0.1) is 0 Å². The first-order valence-corrected chi connectivity index (χ1v) is 8.01. The molecule has 1 aromatic carbocycles. The quantitative estimate of drug-likeness (QED) is 0.915. The molecule has 2 aliphatic rings. The highest BCUT2D eigenvalue weighted by atomic mass is 16.2. The number of rotatable bonds is 3. The number of urea groups is 1. The van der Waals surface area contributed by atoms with Crippen LogP contribution in [0.3, 0.4) is 0 Å². The maximum atomic E-state index is 12.3.